The van der Waals surface area contributed by atoms with Crippen LogP contribution in [0.2, 0.25) is 5.02 Å². The zero-order chi connectivity index (χ0) is 21.1. The first kappa shape index (κ1) is 20.3. The van der Waals surface area contributed by atoms with Crippen molar-refractivity contribution in [1.29, 1.82) is 0 Å². The average molecular weight is 426 g/mol. The van der Waals surface area contributed by atoms with Crippen LogP contribution in [0.3, 0.4) is 0 Å². The van der Waals surface area contributed by atoms with Gasteiger partial charge in [-0.3, -0.25) is 9.36 Å². The van der Waals surface area contributed by atoms with Gasteiger partial charge in [0, 0.05) is 29.0 Å². The zero-order valence-electron chi connectivity index (χ0n) is 16.4. The predicted molar refractivity (Wildman–Crippen MR) is 118 cm³/mol. The number of carbonyl (C=O) groups is 1. The first-order valence-electron chi connectivity index (χ1n) is 9.99. The van der Waals surface area contributed by atoms with Gasteiger partial charge in [-0.05, 0) is 68.1 Å². The summed E-state index contributed by atoms with van der Waals surface area (Å²) in [5, 5.41) is 13.8. The van der Waals surface area contributed by atoms with E-state index in [1.807, 2.05) is 47.2 Å². The number of aliphatic hydroxyl groups is 1. The number of rotatable bonds is 6. The molecule has 0 saturated heterocycles. The maximum absolute atomic E-state index is 12.0. The Kier molecular flexibility index (Phi) is 5.97. The van der Waals surface area contributed by atoms with Crippen molar-refractivity contribution >= 4 is 23.2 Å². The number of hydrogen-bond acceptors (Lipinski definition) is 4. The molecule has 0 atom stereocenters. The number of aliphatic hydroxyl groups excluding tert-OH is 1. The summed E-state index contributed by atoms with van der Waals surface area (Å²) in [6, 6.07) is 16.6. The first-order chi connectivity index (χ1) is 14.5. The van der Waals surface area contributed by atoms with Gasteiger partial charge >= 0.3 is 0 Å². The van der Waals surface area contributed by atoms with Crippen LogP contribution >= 0.6 is 11.6 Å². The number of primary amides is 1. The number of hydrogen-bond donors (Lipinski definition) is 3. The Morgan fingerprint density at radius 3 is 2.63 bits per heavy atom. The number of benzene rings is 2. The molecule has 1 amide bonds. The zero-order valence-corrected chi connectivity index (χ0v) is 17.2. The lowest BCUT2D eigenvalue weighted by molar-refractivity contribution is 0.100. The van der Waals surface area contributed by atoms with E-state index in [1.54, 1.807) is 18.2 Å². The van der Waals surface area contributed by atoms with Crippen molar-refractivity contribution in [3.63, 3.8) is 0 Å². The maximum Gasteiger partial charge on any atom is 0.250 e. The molecule has 1 heterocycles. The van der Waals surface area contributed by atoms with E-state index in [0.717, 1.165) is 31.4 Å². The number of anilines is 1. The van der Waals surface area contributed by atoms with Gasteiger partial charge in [-0.25, -0.2) is 0 Å². The SMILES string of the molecule is NC(=O)c1ccc(-n2cccc2Oc2cccc(Cl)c2)cc1N[C@H]1CC[C@H](O)CC1. The van der Waals surface area contributed by atoms with Crippen molar-refractivity contribution in [2.45, 2.75) is 37.8 Å². The molecular formula is C23H24ClN3O3. The molecule has 4 rings (SSSR count). The average Bonchev–Trinajstić information content (AvgIpc) is 3.17. The third-order valence-electron chi connectivity index (χ3n) is 5.33. The van der Waals surface area contributed by atoms with Gasteiger partial charge in [-0.1, -0.05) is 17.7 Å². The molecular weight excluding hydrogens is 402 g/mol. The lowest BCUT2D eigenvalue weighted by atomic mass is 9.92. The molecule has 0 bridgehead atoms. The number of nitrogens with two attached hydrogens (primary N) is 1. The molecule has 7 heteroatoms. The number of nitrogens with zero attached hydrogens (tertiary/aromatic N) is 1. The summed E-state index contributed by atoms with van der Waals surface area (Å²) in [6.45, 7) is 0. The molecule has 30 heavy (non-hydrogen) atoms. The van der Waals surface area contributed by atoms with Crippen LogP contribution in [0.25, 0.3) is 5.69 Å². The lowest BCUT2D eigenvalue weighted by Crippen LogP contribution is -2.29. The van der Waals surface area contributed by atoms with E-state index >= 15 is 0 Å². The van der Waals surface area contributed by atoms with E-state index in [2.05, 4.69) is 5.32 Å². The van der Waals surface area contributed by atoms with Crippen molar-refractivity contribution in [2.24, 2.45) is 5.73 Å². The van der Waals surface area contributed by atoms with Crippen LogP contribution in [0, 0.1) is 0 Å². The van der Waals surface area contributed by atoms with Crippen LogP contribution < -0.4 is 15.8 Å². The number of nitrogens with one attached hydrogen (secondary N) is 1. The summed E-state index contributed by atoms with van der Waals surface area (Å²) < 4.78 is 7.89. The minimum atomic E-state index is -0.484. The Hall–Kier alpha value is -2.96. The van der Waals surface area contributed by atoms with E-state index in [4.69, 9.17) is 22.1 Å². The van der Waals surface area contributed by atoms with E-state index in [1.165, 1.54) is 0 Å². The summed E-state index contributed by atoms with van der Waals surface area (Å²) in [7, 11) is 0. The van der Waals surface area contributed by atoms with E-state index in [9.17, 15) is 9.90 Å². The van der Waals surface area contributed by atoms with Crippen molar-refractivity contribution in [3.05, 3.63) is 71.4 Å². The predicted octanol–water partition coefficient (Wildman–Crippen LogP) is 4.74. The quantitative estimate of drug-likeness (QED) is 0.532. The molecule has 6 nitrogen and oxygen atoms in total. The van der Waals surface area contributed by atoms with Crippen LogP contribution in [-0.2, 0) is 0 Å². The number of ether oxygens (including phenoxy) is 1. The number of carbonyl (C=O) groups excluding carboxylic acids is 1. The fourth-order valence-electron chi connectivity index (χ4n) is 3.77. The summed E-state index contributed by atoms with van der Waals surface area (Å²) in [5.41, 5.74) is 7.55. The Morgan fingerprint density at radius 1 is 1.10 bits per heavy atom. The Morgan fingerprint density at radius 2 is 1.90 bits per heavy atom. The van der Waals surface area contributed by atoms with Crippen molar-refractivity contribution in [1.82, 2.24) is 4.57 Å². The van der Waals surface area contributed by atoms with E-state index < -0.39 is 5.91 Å². The van der Waals surface area contributed by atoms with Gasteiger partial charge in [0.15, 0.2) is 0 Å². The highest BCUT2D eigenvalue weighted by Gasteiger charge is 2.21. The van der Waals surface area contributed by atoms with Crippen LogP contribution in [0.1, 0.15) is 36.0 Å². The fraction of sp³-hybridized carbons (Fsp3) is 0.261. The second-order valence-electron chi connectivity index (χ2n) is 7.52. The fourth-order valence-corrected chi connectivity index (χ4v) is 3.95. The molecule has 1 fully saturated rings. The molecule has 156 valence electrons. The van der Waals surface area contributed by atoms with E-state index in [0.29, 0.717) is 27.9 Å². The number of halogens is 1. The van der Waals surface area contributed by atoms with Crippen LogP contribution in [-0.4, -0.2) is 27.7 Å². The Bertz CT molecular complexity index is 1040. The second-order valence-corrected chi connectivity index (χ2v) is 7.96. The molecule has 4 N–H and O–H groups in total. The normalized spacial score (nSPS) is 18.7. The minimum Gasteiger partial charge on any atom is -0.440 e. The highest BCUT2D eigenvalue weighted by atomic mass is 35.5. The van der Waals surface area contributed by atoms with Crippen molar-refractivity contribution in [2.75, 3.05) is 5.32 Å². The summed E-state index contributed by atoms with van der Waals surface area (Å²) in [6.07, 6.45) is 4.83. The molecule has 2 aromatic carbocycles. The van der Waals surface area contributed by atoms with Crippen LogP contribution in [0.15, 0.2) is 60.8 Å². The van der Waals surface area contributed by atoms with Crippen LogP contribution in [0.4, 0.5) is 5.69 Å². The van der Waals surface area contributed by atoms with Gasteiger partial charge in [0.2, 0.25) is 5.88 Å². The number of aromatic nitrogens is 1. The molecule has 1 aromatic heterocycles. The lowest BCUT2D eigenvalue weighted by Gasteiger charge is -2.28. The summed E-state index contributed by atoms with van der Waals surface area (Å²) in [4.78, 5) is 12.0. The first-order valence-corrected chi connectivity index (χ1v) is 10.4. The topological polar surface area (TPSA) is 89.5 Å². The molecule has 0 radical (unpaired) electrons. The Labute approximate surface area is 180 Å². The van der Waals surface area contributed by atoms with Gasteiger partial charge in [-0.2, -0.15) is 0 Å². The van der Waals surface area contributed by atoms with Gasteiger partial charge in [-0.15, -0.1) is 0 Å². The molecule has 0 spiro atoms. The Balaban J connectivity index is 1.62. The van der Waals surface area contributed by atoms with Gasteiger partial charge < -0.3 is 20.9 Å². The third-order valence-corrected chi connectivity index (χ3v) is 5.57. The standard InChI is InChI=1S/C23H24ClN3O3/c24-15-3-1-4-19(13-15)30-22-5-2-12-27(22)17-8-11-20(23(25)29)21(14-17)26-16-6-9-18(28)10-7-16/h1-5,8,11-14,16,18,26,28H,6-7,9-10H2,(H2,25,29)/t16-,18-. The van der Waals surface area contributed by atoms with E-state index in [-0.39, 0.29) is 12.1 Å². The summed E-state index contributed by atoms with van der Waals surface area (Å²) >= 11 is 6.06. The minimum absolute atomic E-state index is 0.189. The van der Waals surface area contributed by atoms with Gasteiger partial charge in [0.05, 0.1) is 17.4 Å². The molecule has 1 aliphatic rings. The second kappa shape index (κ2) is 8.81. The molecule has 1 aliphatic carbocycles. The largest absolute Gasteiger partial charge is 0.440 e. The molecule has 3 aromatic rings. The van der Waals surface area contributed by atoms with Crippen molar-refractivity contribution in [3.8, 4) is 17.3 Å². The third kappa shape index (κ3) is 4.61. The van der Waals surface area contributed by atoms with Gasteiger partial charge in [0.1, 0.15) is 5.75 Å². The van der Waals surface area contributed by atoms with Gasteiger partial charge in [0.25, 0.3) is 5.91 Å². The van der Waals surface area contributed by atoms with Crippen LogP contribution in [0.5, 0.6) is 11.6 Å². The smallest absolute Gasteiger partial charge is 0.250 e. The maximum atomic E-state index is 12.0. The molecule has 1 saturated carbocycles. The monoisotopic (exact) mass is 425 g/mol. The highest BCUT2D eigenvalue weighted by Crippen LogP contribution is 2.30. The number of amides is 1. The van der Waals surface area contributed by atoms with Crippen molar-refractivity contribution < 1.29 is 14.6 Å². The molecule has 0 aliphatic heterocycles. The summed E-state index contributed by atoms with van der Waals surface area (Å²) in [5.74, 6) is 0.772. The highest BCUT2D eigenvalue weighted by molar-refractivity contribution is 6.30. The molecule has 0 unspecified atom stereocenters.